The van der Waals surface area contributed by atoms with Gasteiger partial charge in [0.2, 0.25) is 0 Å². The predicted molar refractivity (Wildman–Crippen MR) is 95.0 cm³/mol. The highest BCUT2D eigenvalue weighted by molar-refractivity contribution is 5.85. The van der Waals surface area contributed by atoms with Crippen LogP contribution in [0.25, 0.3) is 0 Å². The fourth-order valence-corrected chi connectivity index (χ4v) is 3.63. The first kappa shape index (κ1) is 20.1. The number of rotatable bonds is 6. The van der Waals surface area contributed by atoms with E-state index in [0.717, 1.165) is 24.8 Å². The summed E-state index contributed by atoms with van der Waals surface area (Å²) < 4.78 is 0. The van der Waals surface area contributed by atoms with Crippen LogP contribution in [0.2, 0.25) is 0 Å². The summed E-state index contributed by atoms with van der Waals surface area (Å²) in [5.74, 6) is 0.00699. The molecule has 0 spiro atoms. The number of carbonyl (C=O) groups is 1. The molecule has 0 aromatic heterocycles. The van der Waals surface area contributed by atoms with E-state index in [9.17, 15) is 15.0 Å². The molecule has 1 aliphatic rings. The molecule has 0 aromatic carbocycles. The average molecular weight is 322 g/mol. The molecule has 6 atom stereocenters. The van der Waals surface area contributed by atoms with Crippen molar-refractivity contribution in [3.63, 3.8) is 0 Å². The van der Waals surface area contributed by atoms with Crippen LogP contribution in [0.5, 0.6) is 0 Å². The van der Waals surface area contributed by atoms with Gasteiger partial charge in [-0.3, -0.25) is 4.79 Å². The first-order valence-corrected chi connectivity index (χ1v) is 8.99. The van der Waals surface area contributed by atoms with Crippen LogP contribution in [0, 0.1) is 23.7 Å². The third-order valence-corrected chi connectivity index (χ3v) is 5.61. The molecule has 0 bridgehead atoms. The second-order valence-corrected chi connectivity index (χ2v) is 7.33. The highest BCUT2D eigenvalue weighted by atomic mass is 16.3. The Morgan fingerprint density at radius 1 is 1.39 bits per heavy atom. The van der Waals surface area contributed by atoms with Gasteiger partial charge in [0.15, 0.2) is 0 Å². The van der Waals surface area contributed by atoms with Crippen molar-refractivity contribution in [2.75, 3.05) is 0 Å². The molecule has 0 amide bonds. The van der Waals surface area contributed by atoms with E-state index in [2.05, 4.69) is 0 Å². The van der Waals surface area contributed by atoms with Crippen molar-refractivity contribution in [1.82, 2.24) is 0 Å². The first-order valence-electron chi connectivity index (χ1n) is 8.99. The number of hydrogen-bond donors (Lipinski definition) is 2. The molecule has 6 unspecified atom stereocenters. The Morgan fingerprint density at radius 2 is 2.00 bits per heavy atom. The van der Waals surface area contributed by atoms with Gasteiger partial charge in [0, 0.05) is 17.8 Å². The van der Waals surface area contributed by atoms with E-state index >= 15 is 0 Å². The van der Waals surface area contributed by atoms with Crippen LogP contribution in [0.4, 0.5) is 0 Å². The van der Waals surface area contributed by atoms with E-state index in [4.69, 9.17) is 0 Å². The van der Waals surface area contributed by atoms with Crippen molar-refractivity contribution in [1.29, 1.82) is 0 Å². The maximum absolute atomic E-state index is 12.4. The van der Waals surface area contributed by atoms with Gasteiger partial charge in [-0.2, -0.15) is 0 Å². The minimum Gasteiger partial charge on any atom is -0.393 e. The zero-order valence-corrected chi connectivity index (χ0v) is 15.5. The molecule has 23 heavy (non-hydrogen) atoms. The van der Waals surface area contributed by atoms with Crippen LogP contribution < -0.4 is 0 Å². The van der Waals surface area contributed by atoms with Crippen LogP contribution in [0.15, 0.2) is 23.8 Å². The summed E-state index contributed by atoms with van der Waals surface area (Å²) in [5, 5.41) is 20.9. The van der Waals surface area contributed by atoms with Gasteiger partial charge in [0.25, 0.3) is 0 Å². The Kier molecular flexibility index (Phi) is 7.22. The molecule has 0 aliphatic heterocycles. The summed E-state index contributed by atoms with van der Waals surface area (Å²) in [6, 6.07) is 0. The van der Waals surface area contributed by atoms with Crippen molar-refractivity contribution in [3.8, 4) is 0 Å². The minimum atomic E-state index is -1.08. The van der Waals surface area contributed by atoms with Gasteiger partial charge in [-0.1, -0.05) is 58.4 Å². The molecule has 132 valence electrons. The summed E-state index contributed by atoms with van der Waals surface area (Å²) >= 11 is 0. The maximum atomic E-state index is 12.4. The van der Waals surface area contributed by atoms with Gasteiger partial charge in [0.05, 0.1) is 11.7 Å². The lowest BCUT2D eigenvalue weighted by molar-refractivity contribution is -0.143. The van der Waals surface area contributed by atoms with Crippen molar-refractivity contribution in [2.24, 2.45) is 23.7 Å². The predicted octanol–water partition coefficient (Wildman–Crippen LogP) is 3.90. The van der Waals surface area contributed by atoms with Crippen LogP contribution in [-0.4, -0.2) is 27.7 Å². The Morgan fingerprint density at radius 3 is 2.52 bits per heavy atom. The molecule has 1 aliphatic carbocycles. The third kappa shape index (κ3) is 4.54. The third-order valence-electron chi connectivity index (χ3n) is 5.61. The second-order valence-electron chi connectivity index (χ2n) is 7.33. The Hall–Kier alpha value is -0.930. The van der Waals surface area contributed by atoms with E-state index in [1.54, 1.807) is 6.08 Å². The lowest BCUT2D eigenvalue weighted by Gasteiger charge is -2.43. The highest BCUT2D eigenvalue weighted by Crippen LogP contribution is 2.41. The van der Waals surface area contributed by atoms with Crippen molar-refractivity contribution in [3.05, 3.63) is 23.8 Å². The van der Waals surface area contributed by atoms with Gasteiger partial charge < -0.3 is 10.2 Å². The zero-order valence-electron chi connectivity index (χ0n) is 15.5. The molecule has 1 rings (SSSR count). The largest absolute Gasteiger partial charge is 0.393 e. The number of allylic oxidation sites excluding steroid dienone is 2. The van der Waals surface area contributed by atoms with Gasteiger partial charge in [-0.05, 0) is 32.1 Å². The van der Waals surface area contributed by atoms with E-state index in [1.165, 1.54) is 0 Å². The average Bonchev–Trinajstić information content (AvgIpc) is 2.53. The zero-order chi connectivity index (χ0) is 17.8. The van der Waals surface area contributed by atoms with Gasteiger partial charge in [0.1, 0.15) is 5.78 Å². The summed E-state index contributed by atoms with van der Waals surface area (Å²) in [4.78, 5) is 12.4. The van der Waals surface area contributed by atoms with E-state index in [1.807, 2.05) is 53.7 Å². The molecular formula is C20H34O3. The molecule has 3 nitrogen and oxygen atoms in total. The van der Waals surface area contributed by atoms with Crippen LogP contribution in [0.1, 0.15) is 60.8 Å². The van der Waals surface area contributed by atoms with Crippen molar-refractivity contribution >= 4 is 5.78 Å². The number of aliphatic hydroxyl groups is 2. The molecule has 0 radical (unpaired) electrons. The van der Waals surface area contributed by atoms with Gasteiger partial charge in [-0.25, -0.2) is 0 Å². The lowest BCUT2D eigenvalue weighted by Crippen LogP contribution is -2.51. The summed E-state index contributed by atoms with van der Waals surface area (Å²) in [5.41, 5.74) is -0.0762. The Balaban J connectivity index is 2.92. The first-order chi connectivity index (χ1) is 10.7. The summed E-state index contributed by atoms with van der Waals surface area (Å²) in [6.07, 6.45) is 7.67. The lowest BCUT2D eigenvalue weighted by atomic mass is 9.64. The SMILES string of the molecule is CCC1CC(C)C(O)(C=CC(C)=CC(C)C(O)CC)C(C)C1=O. The maximum Gasteiger partial charge on any atom is 0.141 e. The molecule has 1 saturated carbocycles. The quantitative estimate of drug-likeness (QED) is 0.729. The smallest absolute Gasteiger partial charge is 0.141 e. The number of ketones is 1. The number of aliphatic hydroxyl groups excluding tert-OH is 1. The fraction of sp³-hybridized carbons (Fsp3) is 0.750. The number of hydrogen-bond acceptors (Lipinski definition) is 3. The summed E-state index contributed by atoms with van der Waals surface area (Å²) in [7, 11) is 0. The molecule has 0 saturated heterocycles. The topological polar surface area (TPSA) is 57.5 Å². The van der Waals surface area contributed by atoms with Crippen LogP contribution in [0.3, 0.4) is 0 Å². The number of carbonyl (C=O) groups excluding carboxylic acids is 1. The molecule has 0 heterocycles. The molecule has 0 aromatic rings. The van der Waals surface area contributed by atoms with Crippen LogP contribution in [-0.2, 0) is 4.79 Å². The Bertz CT molecular complexity index is 466. The molecule has 2 N–H and O–H groups in total. The minimum absolute atomic E-state index is 0.0582. The van der Waals surface area contributed by atoms with E-state index in [-0.39, 0.29) is 35.6 Å². The highest BCUT2D eigenvalue weighted by Gasteiger charge is 2.47. The van der Waals surface area contributed by atoms with Gasteiger partial charge in [-0.15, -0.1) is 0 Å². The Labute approximate surface area is 141 Å². The molecule has 1 fully saturated rings. The summed E-state index contributed by atoms with van der Waals surface area (Å²) in [6.45, 7) is 11.8. The van der Waals surface area contributed by atoms with Crippen molar-refractivity contribution < 1.29 is 15.0 Å². The van der Waals surface area contributed by atoms with E-state index < -0.39 is 5.60 Å². The fourth-order valence-electron chi connectivity index (χ4n) is 3.63. The normalized spacial score (nSPS) is 35.6. The molecule has 3 heteroatoms. The second kappa shape index (κ2) is 8.25. The van der Waals surface area contributed by atoms with Crippen LogP contribution >= 0.6 is 0 Å². The standard InChI is InChI=1S/C20H34O3/c1-7-17-12-15(5)20(23,16(6)19(17)22)10-9-13(3)11-14(4)18(21)8-2/h9-11,14-18,21,23H,7-8,12H2,1-6H3. The van der Waals surface area contributed by atoms with Gasteiger partial charge >= 0.3 is 0 Å². The number of Topliss-reactive ketones (excluding diaryl/α,β-unsaturated/α-hetero) is 1. The monoisotopic (exact) mass is 322 g/mol. The van der Waals surface area contributed by atoms with E-state index in [0.29, 0.717) is 0 Å². The van der Waals surface area contributed by atoms with Crippen molar-refractivity contribution in [2.45, 2.75) is 72.5 Å². The molecular weight excluding hydrogens is 288 g/mol.